The van der Waals surface area contributed by atoms with Crippen LogP contribution in [0, 0.1) is 5.92 Å². The molecule has 2 heterocycles. The van der Waals surface area contributed by atoms with Gasteiger partial charge in [-0.1, -0.05) is 18.5 Å². The summed E-state index contributed by atoms with van der Waals surface area (Å²) in [4.78, 5) is 23.3. The molecule has 1 aromatic carbocycles. The van der Waals surface area contributed by atoms with Crippen LogP contribution in [0.15, 0.2) is 17.2 Å². The van der Waals surface area contributed by atoms with E-state index in [2.05, 4.69) is 5.10 Å². The summed E-state index contributed by atoms with van der Waals surface area (Å²) >= 11 is 7.97. The molecule has 1 aliphatic heterocycles. The van der Waals surface area contributed by atoms with Crippen molar-refractivity contribution in [3.63, 3.8) is 0 Å². The van der Waals surface area contributed by atoms with E-state index in [0.29, 0.717) is 40.2 Å². The summed E-state index contributed by atoms with van der Waals surface area (Å²) in [5.74, 6) is -0.394. The first-order chi connectivity index (χ1) is 15.9. The number of carbonyl (C=O) groups is 2. The molecule has 0 amide bonds. The van der Waals surface area contributed by atoms with Crippen molar-refractivity contribution in [1.29, 1.82) is 0 Å². The Balaban J connectivity index is 1.59. The summed E-state index contributed by atoms with van der Waals surface area (Å²) < 4.78 is 12.6. The number of aliphatic carboxylic acids is 1. The van der Waals surface area contributed by atoms with Crippen molar-refractivity contribution in [2.75, 3.05) is 6.79 Å². The van der Waals surface area contributed by atoms with Crippen molar-refractivity contribution in [3.8, 4) is 11.5 Å². The largest absolute Gasteiger partial charge is 0.481 e. The van der Waals surface area contributed by atoms with Crippen LogP contribution in [0.4, 0.5) is 0 Å². The minimum absolute atomic E-state index is 0.138. The number of thioether (sulfide) groups is 1. The standard InChI is InChI=1S/C23H27ClN2O6S/c1-2-7-26-17(9-14-10-18-19(11-16(14)24)32-12-31-18)21(23(29)30)22(25-26)33-15-5-3-13(4-6-15)8-20(27)28/h10-11,13,15H,2-9,12H2,1H3,(H,27,28)(H,29,30). The third-order valence-corrected chi connectivity index (χ3v) is 7.78. The van der Waals surface area contributed by atoms with E-state index < -0.39 is 11.9 Å². The number of hydrogen-bond acceptors (Lipinski definition) is 6. The lowest BCUT2D eigenvalue weighted by Crippen LogP contribution is -2.19. The van der Waals surface area contributed by atoms with Gasteiger partial charge < -0.3 is 19.7 Å². The minimum atomic E-state index is -1.01. The predicted molar refractivity (Wildman–Crippen MR) is 124 cm³/mol. The van der Waals surface area contributed by atoms with Crippen molar-refractivity contribution >= 4 is 35.3 Å². The molecule has 2 aliphatic rings. The molecule has 178 valence electrons. The van der Waals surface area contributed by atoms with E-state index in [1.54, 1.807) is 16.8 Å². The zero-order valence-corrected chi connectivity index (χ0v) is 20.0. The average molecular weight is 495 g/mol. The SMILES string of the molecule is CCCn1nc(SC2CCC(CC(=O)O)CC2)c(C(=O)O)c1Cc1cc2c(cc1Cl)OCO2. The number of carboxylic acid groups (broad SMARTS) is 2. The normalized spacial score (nSPS) is 19.6. The van der Waals surface area contributed by atoms with E-state index >= 15 is 0 Å². The fraction of sp³-hybridized carbons (Fsp3) is 0.522. The summed E-state index contributed by atoms with van der Waals surface area (Å²) in [6.45, 7) is 2.76. The van der Waals surface area contributed by atoms with E-state index in [1.807, 2.05) is 6.92 Å². The first-order valence-electron chi connectivity index (χ1n) is 11.1. The van der Waals surface area contributed by atoms with Gasteiger partial charge in [-0.05, 0) is 49.7 Å². The van der Waals surface area contributed by atoms with Crippen LogP contribution in [0.3, 0.4) is 0 Å². The molecule has 0 atom stereocenters. The lowest BCUT2D eigenvalue weighted by atomic mass is 9.87. The van der Waals surface area contributed by atoms with Crippen LogP contribution >= 0.6 is 23.4 Å². The van der Waals surface area contributed by atoms with E-state index in [4.69, 9.17) is 26.2 Å². The first kappa shape index (κ1) is 23.8. The number of fused-ring (bicyclic) bond motifs is 1. The van der Waals surface area contributed by atoms with Crippen LogP contribution in [-0.4, -0.2) is 44.0 Å². The highest BCUT2D eigenvalue weighted by Gasteiger charge is 2.30. The summed E-state index contributed by atoms with van der Waals surface area (Å²) in [7, 11) is 0. The molecule has 1 saturated carbocycles. The highest BCUT2D eigenvalue weighted by molar-refractivity contribution is 7.99. The maximum Gasteiger partial charge on any atom is 0.340 e. The lowest BCUT2D eigenvalue weighted by molar-refractivity contribution is -0.138. The molecule has 10 heteroatoms. The highest BCUT2D eigenvalue weighted by atomic mass is 35.5. The molecule has 2 N–H and O–H groups in total. The maximum atomic E-state index is 12.3. The van der Waals surface area contributed by atoms with E-state index in [9.17, 15) is 14.7 Å². The van der Waals surface area contributed by atoms with Crippen LogP contribution in [0.2, 0.25) is 5.02 Å². The van der Waals surface area contributed by atoms with Crippen molar-refractivity contribution < 1.29 is 29.3 Å². The predicted octanol–water partition coefficient (Wildman–Crippen LogP) is 5.09. The Bertz CT molecular complexity index is 1050. The molecule has 1 aliphatic carbocycles. The van der Waals surface area contributed by atoms with Gasteiger partial charge in [0.2, 0.25) is 6.79 Å². The molecular weight excluding hydrogens is 468 g/mol. The Morgan fingerprint density at radius 2 is 1.88 bits per heavy atom. The summed E-state index contributed by atoms with van der Waals surface area (Å²) in [5.41, 5.74) is 1.59. The summed E-state index contributed by atoms with van der Waals surface area (Å²) in [6, 6.07) is 3.50. The first-order valence-corrected chi connectivity index (χ1v) is 12.4. The summed E-state index contributed by atoms with van der Waals surface area (Å²) in [5, 5.41) is 25.0. The molecule has 8 nitrogen and oxygen atoms in total. The Morgan fingerprint density at radius 1 is 1.18 bits per heavy atom. The van der Waals surface area contributed by atoms with Crippen molar-refractivity contribution in [1.82, 2.24) is 9.78 Å². The van der Waals surface area contributed by atoms with Gasteiger partial charge >= 0.3 is 11.9 Å². The smallest absolute Gasteiger partial charge is 0.340 e. The fourth-order valence-corrected chi connectivity index (χ4v) is 5.99. The molecule has 0 unspecified atom stereocenters. The molecule has 1 aromatic heterocycles. The number of carboxylic acids is 2. The Hall–Kier alpha value is -2.39. The quantitative estimate of drug-likeness (QED) is 0.496. The number of aryl methyl sites for hydroxylation is 1. The second kappa shape index (κ2) is 10.3. The van der Waals surface area contributed by atoms with Gasteiger partial charge in [-0.15, -0.1) is 11.8 Å². The van der Waals surface area contributed by atoms with Crippen molar-refractivity contribution in [2.24, 2.45) is 5.92 Å². The van der Waals surface area contributed by atoms with Gasteiger partial charge in [0, 0.05) is 35.7 Å². The second-order valence-corrected chi connectivity index (χ2v) is 10.2. The lowest BCUT2D eigenvalue weighted by Gasteiger charge is -2.26. The minimum Gasteiger partial charge on any atom is -0.481 e. The average Bonchev–Trinajstić information content (AvgIpc) is 3.34. The number of ether oxygens (including phenoxy) is 2. The van der Waals surface area contributed by atoms with Crippen LogP contribution in [-0.2, 0) is 17.8 Å². The van der Waals surface area contributed by atoms with Crippen molar-refractivity contribution in [2.45, 2.75) is 68.7 Å². The zero-order chi connectivity index (χ0) is 23.5. The summed E-state index contributed by atoms with van der Waals surface area (Å²) in [6.07, 6.45) is 4.70. The molecule has 1 fully saturated rings. The van der Waals surface area contributed by atoms with Gasteiger partial charge in [0.15, 0.2) is 11.5 Å². The molecule has 4 rings (SSSR count). The number of benzene rings is 1. The number of aromatic nitrogens is 2. The van der Waals surface area contributed by atoms with Crippen LogP contribution in [0.25, 0.3) is 0 Å². The van der Waals surface area contributed by atoms with Crippen LogP contribution in [0.5, 0.6) is 11.5 Å². The Kier molecular flexibility index (Phi) is 7.38. The third-order valence-electron chi connectivity index (χ3n) is 6.11. The van der Waals surface area contributed by atoms with E-state index in [0.717, 1.165) is 37.7 Å². The molecule has 0 spiro atoms. The zero-order valence-electron chi connectivity index (χ0n) is 18.4. The number of halogens is 1. The van der Waals surface area contributed by atoms with Gasteiger partial charge in [-0.3, -0.25) is 9.48 Å². The Morgan fingerprint density at radius 3 is 2.52 bits per heavy atom. The molecule has 0 radical (unpaired) electrons. The topological polar surface area (TPSA) is 111 Å². The molecular formula is C23H27ClN2O6S. The molecule has 33 heavy (non-hydrogen) atoms. The van der Waals surface area contributed by atoms with E-state index in [1.165, 1.54) is 11.8 Å². The number of nitrogens with zero attached hydrogens (tertiary/aromatic N) is 2. The number of aromatic carboxylic acids is 1. The van der Waals surface area contributed by atoms with Crippen molar-refractivity contribution in [3.05, 3.63) is 34.0 Å². The second-order valence-electron chi connectivity index (χ2n) is 8.49. The maximum absolute atomic E-state index is 12.3. The van der Waals surface area contributed by atoms with Gasteiger partial charge in [0.05, 0.1) is 5.69 Å². The monoisotopic (exact) mass is 494 g/mol. The van der Waals surface area contributed by atoms with Crippen LogP contribution < -0.4 is 9.47 Å². The third kappa shape index (κ3) is 5.41. The number of rotatable bonds is 9. The van der Waals surface area contributed by atoms with Gasteiger partial charge in [0.1, 0.15) is 10.6 Å². The Labute approximate surface area is 201 Å². The highest BCUT2D eigenvalue weighted by Crippen LogP contribution is 2.41. The molecule has 0 saturated heterocycles. The molecule has 0 bridgehead atoms. The number of hydrogen-bond donors (Lipinski definition) is 2. The van der Waals surface area contributed by atoms with Gasteiger partial charge in [-0.2, -0.15) is 5.10 Å². The van der Waals surface area contributed by atoms with Gasteiger partial charge in [-0.25, -0.2) is 4.79 Å². The molecule has 2 aromatic rings. The fourth-order valence-electron chi connectivity index (χ4n) is 4.48. The van der Waals surface area contributed by atoms with E-state index in [-0.39, 0.29) is 29.9 Å². The van der Waals surface area contributed by atoms with Crippen LogP contribution in [0.1, 0.15) is 67.1 Å². The van der Waals surface area contributed by atoms with Gasteiger partial charge in [0.25, 0.3) is 0 Å².